The van der Waals surface area contributed by atoms with E-state index in [4.69, 9.17) is 16.2 Å². The monoisotopic (exact) mass is 877 g/mol. The maximum absolute atomic E-state index is 13.3. The number of carbonyl (C=O) groups excluding carboxylic acids is 2. The van der Waals surface area contributed by atoms with E-state index in [0.717, 1.165) is 106 Å². The Bertz CT molecular complexity index is 1270. The van der Waals surface area contributed by atoms with Gasteiger partial charge in [0, 0.05) is 43.4 Å². The topological polar surface area (TPSA) is 111 Å². The maximum atomic E-state index is 13.3. The predicted molar refractivity (Wildman–Crippen MR) is 252 cm³/mol. The van der Waals surface area contributed by atoms with Crippen LogP contribution in [-0.4, -0.2) is 60.1 Å². The zero-order chi connectivity index (χ0) is 40.6. The standard InChI is InChI=1S/C48H88N4O3.3ClH/c1-11-36(34(2)3)18-17-35(4)40-21-22-41-39-20-19-37-33-38(23-25-47(37,9)42(39)24-26-48(40,41)10)55-44(54)16-14-15-43(53)52(32-28-46(7,8)50)31-13-12-29-51-30-27-45(5,6)49;;;/h19,34-36,38-42,51H,11-18,20-33,49-50H2,1-10H3;3*1H/t35-,36-,38+,39+,40-,41+,42+,47+,48-;;;/m1.../s1. The molecule has 58 heavy (non-hydrogen) atoms. The van der Waals surface area contributed by atoms with Crippen LogP contribution in [0.25, 0.3) is 0 Å². The Morgan fingerprint density at radius 1 is 0.862 bits per heavy atom. The first-order valence-electron chi connectivity index (χ1n) is 23.2. The minimum atomic E-state index is -0.329. The number of unbranched alkanes of at least 4 members (excludes halogenated alkanes) is 1. The average Bonchev–Trinajstić information content (AvgIpc) is 3.45. The van der Waals surface area contributed by atoms with Gasteiger partial charge in [-0.15, -0.1) is 37.2 Å². The highest BCUT2D eigenvalue weighted by molar-refractivity contribution is 5.86. The summed E-state index contributed by atoms with van der Waals surface area (Å²) in [6.45, 7) is 26.4. The van der Waals surface area contributed by atoms with E-state index in [1.54, 1.807) is 5.57 Å². The molecule has 3 fully saturated rings. The van der Waals surface area contributed by atoms with Gasteiger partial charge >= 0.3 is 5.97 Å². The second-order valence-electron chi connectivity index (χ2n) is 21.5. The zero-order valence-corrected chi connectivity index (χ0v) is 41.3. The van der Waals surface area contributed by atoms with Gasteiger partial charge in [-0.25, -0.2) is 0 Å². The molecule has 0 aromatic rings. The highest BCUT2D eigenvalue weighted by atomic mass is 35.5. The van der Waals surface area contributed by atoms with Crippen LogP contribution in [0.3, 0.4) is 0 Å². The van der Waals surface area contributed by atoms with Crippen molar-refractivity contribution in [1.29, 1.82) is 0 Å². The van der Waals surface area contributed by atoms with Gasteiger partial charge in [-0.2, -0.15) is 0 Å². The molecule has 0 saturated heterocycles. The van der Waals surface area contributed by atoms with Crippen molar-refractivity contribution in [2.75, 3.05) is 26.2 Å². The molecule has 7 nitrogen and oxygen atoms in total. The Kier molecular flexibility index (Phi) is 23.3. The molecule has 342 valence electrons. The first kappa shape index (κ1) is 55.4. The number of nitrogens with two attached hydrogens (primary N) is 2. The van der Waals surface area contributed by atoms with Crippen LogP contribution in [0, 0.1) is 52.3 Å². The summed E-state index contributed by atoms with van der Waals surface area (Å²) in [6, 6.07) is 0. The van der Waals surface area contributed by atoms with Gasteiger partial charge in [0.05, 0.1) is 0 Å². The van der Waals surface area contributed by atoms with Crippen LogP contribution < -0.4 is 16.8 Å². The lowest BCUT2D eigenvalue weighted by Gasteiger charge is -2.58. The predicted octanol–water partition coefficient (Wildman–Crippen LogP) is 11.5. The molecule has 10 heteroatoms. The van der Waals surface area contributed by atoms with Gasteiger partial charge in [-0.1, -0.05) is 66.0 Å². The Balaban J connectivity index is 0.00000561. The molecule has 0 heterocycles. The number of nitrogens with zero attached hydrogens (tertiary/aromatic N) is 1. The van der Waals surface area contributed by atoms with Gasteiger partial charge in [-0.3, -0.25) is 9.59 Å². The molecular formula is C48H91Cl3N4O3. The van der Waals surface area contributed by atoms with Crippen LogP contribution in [0.4, 0.5) is 0 Å². The molecule has 0 aromatic heterocycles. The number of ether oxygens (including phenoxy) is 1. The van der Waals surface area contributed by atoms with Gasteiger partial charge in [-0.05, 0) is 177 Å². The smallest absolute Gasteiger partial charge is 0.306 e. The molecule has 4 rings (SSSR count). The van der Waals surface area contributed by atoms with Gasteiger partial charge in [0.2, 0.25) is 5.91 Å². The van der Waals surface area contributed by atoms with Crippen molar-refractivity contribution in [3.63, 3.8) is 0 Å². The number of esters is 1. The Hall–Kier alpha value is -0.570. The normalized spacial score (nSPS) is 29.0. The number of allylic oxidation sites excluding steroid dienone is 1. The van der Waals surface area contributed by atoms with Crippen LogP contribution >= 0.6 is 37.2 Å². The quantitative estimate of drug-likeness (QED) is 0.0568. The number of carbonyl (C=O) groups is 2. The fraction of sp³-hybridized carbons (Fsp3) is 0.917. The van der Waals surface area contributed by atoms with Crippen LogP contribution in [0.1, 0.15) is 185 Å². The van der Waals surface area contributed by atoms with Crippen LogP contribution in [-0.2, 0) is 14.3 Å². The van der Waals surface area contributed by atoms with Crippen LogP contribution in [0.5, 0.6) is 0 Å². The summed E-state index contributed by atoms with van der Waals surface area (Å²) in [7, 11) is 0. The van der Waals surface area contributed by atoms with Gasteiger partial charge < -0.3 is 26.4 Å². The van der Waals surface area contributed by atoms with Crippen LogP contribution in [0.2, 0.25) is 0 Å². The Morgan fingerprint density at radius 2 is 1.55 bits per heavy atom. The van der Waals surface area contributed by atoms with E-state index in [-0.39, 0.29) is 71.7 Å². The number of rotatable bonds is 22. The average molecular weight is 879 g/mol. The molecule has 3 saturated carbocycles. The van der Waals surface area contributed by atoms with Crippen molar-refractivity contribution in [1.82, 2.24) is 10.2 Å². The zero-order valence-electron chi connectivity index (χ0n) is 38.8. The molecular weight excluding hydrogens is 787 g/mol. The first-order valence-corrected chi connectivity index (χ1v) is 23.2. The summed E-state index contributed by atoms with van der Waals surface area (Å²) in [5, 5.41) is 3.48. The summed E-state index contributed by atoms with van der Waals surface area (Å²) < 4.78 is 6.14. The Labute approximate surface area is 375 Å². The van der Waals surface area contributed by atoms with E-state index < -0.39 is 0 Å². The van der Waals surface area contributed by atoms with Gasteiger partial charge in [0.15, 0.2) is 0 Å². The molecule has 0 radical (unpaired) electrons. The lowest BCUT2D eigenvalue weighted by atomic mass is 9.47. The highest BCUT2D eigenvalue weighted by Crippen LogP contribution is 2.67. The van der Waals surface area contributed by atoms with Crippen LogP contribution in [0.15, 0.2) is 11.6 Å². The summed E-state index contributed by atoms with van der Waals surface area (Å²) in [5.74, 6) is 5.77. The van der Waals surface area contributed by atoms with E-state index in [2.05, 4.69) is 66.8 Å². The lowest BCUT2D eigenvalue weighted by molar-refractivity contribution is -0.151. The SMILES string of the molecule is CC[C@H](CC[C@@H](C)[C@H]1CC[C@H]2[C@@H]3CC=C4C[C@@H](OC(=O)CCCC(=O)N(CCCCNCCC(C)(C)N)CCC(C)(C)N)CC[C@]4(C)[C@H]3CC[C@]12C)C(C)C.Cl.Cl.Cl. The molecule has 4 aliphatic rings. The van der Waals surface area contributed by atoms with E-state index in [0.29, 0.717) is 31.2 Å². The first-order chi connectivity index (χ1) is 25.8. The Morgan fingerprint density at radius 3 is 2.19 bits per heavy atom. The minimum absolute atomic E-state index is 0. The van der Waals surface area contributed by atoms with E-state index in [9.17, 15) is 9.59 Å². The number of fused-ring (bicyclic) bond motifs is 5. The lowest BCUT2D eigenvalue weighted by Crippen LogP contribution is -2.51. The minimum Gasteiger partial charge on any atom is -0.462 e. The fourth-order valence-electron chi connectivity index (χ4n) is 12.0. The van der Waals surface area contributed by atoms with E-state index in [1.165, 1.54) is 51.4 Å². The molecule has 0 unspecified atom stereocenters. The van der Waals surface area contributed by atoms with Gasteiger partial charge in [0.25, 0.3) is 0 Å². The largest absolute Gasteiger partial charge is 0.462 e. The maximum Gasteiger partial charge on any atom is 0.306 e. The van der Waals surface area contributed by atoms with Crippen molar-refractivity contribution in [3.8, 4) is 0 Å². The molecule has 4 aliphatic carbocycles. The number of amides is 1. The third kappa shape index (κ3) is 15.4. The third-order valence-electron chi connectivity index (χ3n) is 15.7. The molecule has 0 aromatic carbocycles. The molecule has 0 bridgehead atoms. The van der Waals surface area contributed by atoms with E-state index >= 15 is 0 Å². The summed E-state index contributed by atoms with van der Waals surface area (Å²) in [5.41, 5.74) is 14.2. The molecule has 0 spiro atoms. The number of halogens is 3. The van der Waals surface area contributed by atoms with Crippen molar-refractivity contribution >= 4 is 49.1 Å². The van der Waals surface area contributed by atoms with Crippen molar-refractivity contribution < 1.29 is 14.3 Å². The number of nitrogens with one attached hydrogen (secondary N) is 1. The summed E-state index contributed by atoms with van der Waals surface area (Å²) in [4.78, 5) is 28.4. The third-order valence-corrected chi connectivity index (χ3v) is 15.7. The van der Waals surface area contributed by atoms with Crippen molar-refractivity contribution in [2.45, 2.75) is 202 Å². The second kappa shape index (κ2) is 24.3. The number of hydrogen-bond acceptors (Lipinski definition) is 6. The van der Waals surface area contributed by atoms with Crippen molar-refractivity contribution in [2.24, 2.45) is 63.7 Å². The molecule has 9 atom stereocenters. The molecule has 1 amide bonds. The van der Waals surface area contributed by atoms with Gasteiger partial charge in [0.1, 0.15) is 6.10 Å². The molecule has 0 aliphatic heterocycles. The van der Waals surface area contributed by atoms with E-state index in [1.807, 2.05) is 18.7 Å². The molecule has 5 N–H and O–H groups in total. The highest BCUT2D eigenvalue weighted by Gasteiger charge is 2.59. The van der Waals surface area contributed by atoms with Crippen molar-refractivity contribution in [3.05, 3.63) is 11.6 Å². The summed E-state index contributed by atoms with van der Waals surface area (Å²) in [6.07, 6.45) is 21.3. The summed E-state index contributed by atoms with van der Waals surface area (Å²) >= 11 is 0. The second-order valence-corrected chi connectivity index (χ2v) is 21.5. The fourth-order valence-corrected chi connectivity index (χ4v) is 12.0. The number of hydrogen-bond donors (Lipinski definition) is 3.